The second-order valence-corrected chi connectivity index (χ2v) is 14.6. The summed E-state index contributed by atoms with van der Waals surface area (Å²) in [5.74, 6) is 0. The van der Waals surface area contributed by atoms with E-state index in [9.17, 15) is 0 Å². The number of aryl methyl sites for hydroxylation is 2. The molecule has 0 unspecified atom stereocenters. The van der Waals surface area contributed by atoms with E-state index in [0.29, 0.717) is 0 Å². The van der Waals surface area contributed by atoms with Gasteiger partial charge in [-0.05, 0) is 83.3 Å². The highest BCUT2D eigenvalue weighted by Gasteiger charge is 2.23. The first-order valence-electron chi connectivity index (χ1n) is 18.3. The minimum atomic E-state index is 1.26. The molecule has 0 aliphatic heterocycles. The molecule has 0 saturated carbocycles. The van der Waals surface area contributed by atoms with Crippen molar-refractivity contribution in [2.45, 2.75) is 27.7 Å². The van der Waals surface area contributed by atoms with Crippen molar-refractivity contribution in [3.8, 4) is 11.4 Å². The van der Waals surface area contributed by atoms with Crippen LogP contribution in [0, 0.1) is 27.7 Å². The Hall–Kier alpha value is -6.38. The molecule has 11 aromatic rings. The van der Waals surface area contributed by atoms with E-state index >= 15 is 0 Å². The lowest BCUT2D eigenvalue weighted by Crippen LogP contribution is -2.01. The monoisotopic (exact) mass is 664 g/mol. The Labute approximate surface area is 301 Å². The zero-order valence-corrected chi connectivity index (χ0v) is 29.8. The van der Waals surface area contributed by atoms with Crippen molar-refractivity contribution in [1.82, 2.24) is 9.13 Å². The molecular formula is C50H36N2. The molecule has 0 fully saturated rings. The summed E-state index contributed by atoms with van der Waals surface area (Å²) in [6.07, 6.45) is 0. The van der Waals surface area contributed by atoms with Crippen molar-refractivity contribution in [2.24, 2.45) is 0 Å². The van der Waals surface area contributed by atoms with Gasteiger partial charge in [-0.15, -0.1) is 0 Å². The lowest BCUT2D eigenvalue weighted by atomic mass is 9.96. The summed E-state index contributed by atoms with van der Waals surface area (Å²) >= 11 is 0. The van der Waals surface area contributed by atoms with Crippen molar-refractivity contribution >= 4 is 86.4 Å². The summed E-state index contributed by atoms with van der Waals surface area (Å²) in [7, 11) is 0. The van der Waals surface area contributed by atoms with Gasteiger partial charge in [-0.25, -0.2) is 0 Å². The van der Waals surface area contributed by atoms with Crippen molar-refractivity contribution in [3.05, 3.63) is 168 Å². The Bertz CT molecular complexity index is 3000. The lowest BCUT2D eigenvalue weighted by Gasteiger charge is -2.18. The average Bonchev–Trinajstić information content (AvgIpc) is 3.59. The molecule has 9 aromatic carbocycles. The summed E-state index contributed by atoms with van der Waals surface area (Å²) in [4.78, 5) is 0. The van der Waals surface area contributed by atoms with E-state index in [0.717, 1.165) is 0 Å². The minimum Gasteiger partial charge on any atom is -0.312 e. The molecule has 52 heavy (non-hydrogen) atoms. The molecular weight excluding hydrogens is 629 g/mol. The number of benzene rings is 9. The normalized spacial score (nSPS) is 12.2. The van der Waals surface area contributed by atoms with Crippen LogP contribution in [0.5, 0.6) is 0 Å². The van der Waals surface area contributed by atoms with Crippen LogP contribution in [-0.2, 0) is 0 Å². The Morgan fingerprint density at radius 3 is 0.923 bits per heavy atom. The van der Waals surface area contributed by atoms with Gasteiger partial charge in [0, 0.05) is 54.5 Å². The van der Waals surface area contributed by atoms with Gasteiger partial charge in [0.05, 0.1) is 22.4 Å². The fourth-order valence-corrected chi connectivity index (χ4v) is 9.36. The molecule has 0 aliphatic carbocycles. The first-order valence-corrected chi connectivity index (χ1v) is 18.3. The molecule has 0 spiro atoms. The van der Waals surface area contributed by atoms with Crippen LogP contribution < -0.4 is 0 Å². The predicted molar refractivity (Wildman–Crippen MR) is 224 cm³/mol. The van der Waals surface area contributed by atoms with Crippen LogP contribution >= 0.6 is 0 Å². The van der Waals surface area contributed by atoms with Crippen LogP contribution in [0.15, 0.2) is 146 Å². The number of hydrogen-bond donors (Lipinski definition) is 0. The van der Waals surface area contributed by atoms with Crippen molar-refractivity contribution < 1.29 is 0 Å². The zero-order chi connectivity index (χ0) is 34.8. The number of aromatic nitrogens is 2. The molecule has 0 saturated heterocycles. The number of hydrogen-bond acceptors (Lipinski definition) is 0. The van der Waals surface area contributed by atoms with Crippen molar-refractivity contribution in [1.29, 1.82) is 0 Å². The van der Waals surface area contributed by atoms with Gasteiger partial charge in [-0.1, -0.05) is 133 Å². The smallest absolute Gasteiger partial charge is 0.0615 e. The molecule has 0 aliphatic rings. The van der Waals surface area contributed by atoms with Gasteiger partial charge in [0.15, 0.2) is 0 Å². The minimum absolute atomic E-state index is 1.26. The Balaban J connectivity index is 1.29. The first-order chi connectivity index (χ1) is 25.5. The van der Waals surface area contributed by atoms with Gasteiger partial charge in [0.25, 0.3) is 0 Å². The summed E-state index contributed by atoms with van der Waals surface area (Å²) in [6.45, 7) is 9.14. The van der Waals surface area contributed by atoms with E-state index in [-0.39, 0.29) is 0 Å². The number of nitrogens with zero attached hydrogens (tertiary/aromatic N) is 2. The molecule has 0 atom stereocenters. The van der Waals surface area contributed by atoms with Crippen LogP contribution in [0.4, 0.5) is 0 Å². The van der Waals surface area contributed by atoms with E-state index in [4.69, 9.17) is 0 Å². The highest BCUT2D eigenvalue weighted by Crippen LogP contribution is 2.44. The Kier molecular flexibility index (Phi) is 5.97. The average molecular weight is 665 g/mol. The first kappa shape index (κ1) is 29.4. The van der Waals surface area contributed by atoms with Crippen LogP contribution in [-0.4, -0.2) is 9.13 Å². The standard InChI is InChI=1S/C50H36N2/c1-29-31(3)51(49-39-17-9-5-13-33(39)27-34-14-6-10-18-40(34)49)47-37(29)21-23-43-44-24-22-38-30(2)32(4)52(48(38)46(44)26-25-45(43)47)50-41-19-11-7-15-35(41)28-36-16-8-12-20-42(36)50/h5-28H,1-4H3. The molecule has 2 nitrogen and oxygen atoms in total. The number of fused-ring (bicyclic) bond motifs is 11. The van der Waals surface area contributed by atoms with E-state index < -0.39 is 0 Å². The van der Waals surface area contributed by atoms with E-state index in [1.807, 2.05) is 0 Å². The largest absolute Gasteiger partial charge is 0.312 e. The van der Waals surface area contributed by atoms with Gasteiger partial charge >= 0.3 is 0 Å². The fraction of sp³-hybridized carbons (Fsp3) is 0.0800. The van der Waals surface area contributed by atoms with Crippen LogP contribution in [0.2, 0.25) is 0 Å². The van der Waals surface area contributed by atoms with E-state index in [1.165, 1.54) is 120 Å². The molecule has 0 N–H and O–H groups in total. The maximum absolute atomic E-state index is 2.56. The maximum atomic E-state index is 2.56. The highest BCUT2D eigenvalue weighted by molar-refractivity contribution is 6.24. The highest BCUT2D eigenvalue weighted by atomic mass is 15.0. The van der Waals surface area contributed by atoms with Gasteiger partial charge in [-0.3, -0.25) is 0 Å². The van der Waals surface area contributed by atoms with E-state index in [2.05, 4.69) is 182 Å². The summed E-state index contributed by atoms with van der Waals surface area (Å²) in [6, 6.07) is 54.3. The quantitative estimate of drug-likeness (QED) is 0.129. The van der Waals surface area contributed by atoms with E-state index in [1.54, 1.807) is 0 Å². The summed E-state index contributed by atoms with van der Waals surface area (Å²) in [5, 5.41) is 17.8. The fourth-order valence-electron chi connectivity index (χ4n) is 9.36. The number of rotatable bonds is 2. The lowest BCUT2D eigenvalue weighted by molar-refractivity contribution is 1.06. The van der Waals surface area contributed by atoms with Crippen LogP contribution in [0.1, 0.15) is 22.5 Å². The van der Waals surface area contributed by atoms with Gasteiger partial charge in [0.1, 0.15) is 0 Å². The van der Waals surface area contributed by atoms with Gasteiger partial charge in [-0.2, -0.15) is 0 Å². The third-order valence-electron chi connectivity index (χ3n) is 12.1. The molecule has 11 rings (SSSR count). The molecule has 0 radical (unpaired) electrons. The molecule has 0 amide bonds. The maximum Gasteiger partial charge on any atom is 0.0615 e. The van der Waals surface area contributed by atoms with Gasteiger partial charge in [0.2, 0.25) is 0 Å². The van der Waals surface area contributed by atoms with Crippen LogP contribution in [0.3, 0.4) is 0 Å². The second kappa shape index (κ2) is 10.6. The second-order valence-electron chi connectivity index (χ2n) is 14.6. The molecule has 2 aromatic heterocycles. The summed E-state index contributed by atoms with van der Waals surface area (Å²) < 4.78 is 5.11. The summed E-state index contributed by atoms with van der Waals surface area (Å²) in [5.41, 5.74) is 10.3. The molecule has 0 bridgehead atoms. The van der Waals surface area contributed by atoms with Gasteiger partial charge < -0.3 is 9.13 Å². The van der Waals surface area contributed by atoms with Crippen molar-refractivity contribution in [2.75, 3.05) is 0 Å². The van der Waals surface area contributed by atoms with Crippen molar-refractivity contribution in [3.63, 3.8) is 0 Å². The molecule has 246 valence electrons. The topological polar surface area (TPSA) is 9.86 Å². The Morgan fingerprint density at radius 1 is 0.288 bits per heavy atom. The predicted octanol–water partition coefficient (Wildman–Crippen LogP) is 13.7. The molecule has 2 heteroatoms. The van der Waals surface area contributed by atoms with Crippen LogP contribution in [0.25, 0.3) is 97.8 Å². The Morgan fingerprint density at radius 2 is 0.577 bits per heavy atom. The zero-order valence-electron chi connectivity index (χ0n) is 29.8. The third kappa shape index (κ3) is 3.79. The molecule has 2 heterocycles. The third-order valence-corrected chi connectivity index (χ3v) is 12.1. The SMILES string of the molecule is Cc1c(C)n(-c2c3ccccc3cc3ccccc23)c2c1ccc1c3ccc4c(C)c(C)n(-c5c6ccccc6cc6ccccc56)c4c3ccc12.